The molecule has 1 atom stereocenters. The lowest BCUT2D eigenvalue weighted by Crippen LogP contribution is -2.39. The van der Waals surface area contributed by atoms with Gasteiger partial charge in [-0.15, -0.1) is 0 Å². The average molecular weight is 377 g/mol. The van der Waals surface area contributed by atoms with Crippen LogP contribution in [0.3, 0.4) is 0 Å². The highest BCUT2D eigenvalue weighted by molar-refractivity contribution is 5.94. The summed E-state index contributed by atoms with van der Waals surface area (Å²) in [4.78, 5) is 19.6. The number of hydrogen-bond acceptors (Lipinski definition) is 3. The maximum absolute atomic E-state index is 13.1. The van der Waals surface area contributed by atoms with Crippen LogP contribution in [0.15, 0.2) is 55.1 Å². The highest BCUT2D eigenvalue weighted by Gasteiger charge is 2.28. The Labute approximate surface area is 165 Å². The van der Waals surface area contributed by atoms with Crippen molar-refractivity contribution in [1.82, 2.24) is 24.2 Å². The van der Waals surface area contributed by atoms with Crippen LogP contribution in [0.5, 0.6) is 0 Å². The number of aromatic nitrogens is 4. The second-order valence-electron chi connectivity index (χ2n) is 7.43. The van der Waals surface area contributed by atoms with Crippen LogP contribution in [0.25, 0.3) is 5.69 Å². The quantitative estimate of drug-likeness (QED) is 0.655. The van der Waals surface area contributed by atoms with Crippen molar-refractivity contribution >= 4 is 5.91 Å². The molecule has 1 saturated heterocycles. The molecule has 1 aliphatic heterocycles. The molecular formula is C22H27N5O. The highest BCUT2D eigenvalue weighted by Crippen LogP contribution is 2.27. The zero-order valence-electron chi connectivity index (χ0n) is 16.4. The van der Waals surface area contributed by atoms with Gasteiger partial charge in [0.25, 0.3) is 5.91 Å². The number of amides is 1. The number of unbranched alkanes of at least 4 members (excludes halogenated alkanes) is 1. The van der Waals surface area contributed by atoms with Crippen LogP contribution in [-0.4, -0.2) is 43.2 Å². The smallest absolute Gasteiger partial charge is 0.257 e. The largest absolute Gasteiger partial charge is 0.338 e. The first-order valence-corrected chi connectivity index (χ1v) is 10.2. The van der Waals surface area contributed by atoms with Crippen molar-refractivity contribution in [3.8, 4) is 5.69 Å². The molecule has 6 nitrogen and oxygen atoms in total. The number of para-hydroxylation sites is 1. The molecule has 0 spiro atoms. The number of likely N-dealkylation sites (tertiary alicyclic amines) is 1. The average Bonchev–Trinajstić information content (AvgIpc) is 3.42. The Balaban J connectivity index is 1.47. The molecule has 6 heteroatoms. The molecule has 0 aliphatic carbocycles. The SMILES string of the molecule is CCCCn1ccnc1C1CCCN(C(=O)c2cnn(-c3ccccc3)c2)C1. The van der Waals surface area contributed by atoms with Crippen LogP contribution >= 0.6 is 0 Å². The fourth-order valence-electron chi connectivity index (χ4n) is 3.91. The van der Waals surface area contributed by atoms with Crippen LogP contribution in [-0.2, 0) is 6.54 Å². The van der Waals surface area contributed by atoms with Crippen LogP contribution in [0.1, 0.15) is 54.7 Å². The number of rotatable bonds is 6. The van der Waals surface area contributed by atoms with E-state index in [0.717, 1.165) is 56.8 Å². The van der Waals surface area contributed by atoms with Gasteiger partial charge in [0, 0.05) is 44.1 Å². The van der Waals surface area contributed by atoms with E-state index in [4.69, 9.17) is 0 Å². The van der Waals surface area contributed by atoms with Gasteiger partial charge in [0.15, 0.2) is 0 Å². The summed E-state index contributed by atoms with van der Waals surface area (Å²) < 4.78 is 4.02. The first kappa shape index (κ1) is 18.5. The fraction of sp³-hybridized carbons (Fsp3) is 0.409. The third-order valence-corrected chi connectivity index (χ3v) is 5.42. The van der Waals surface area contributed by atoms with Gasteiger partial charge in [-0.2, -0.15) is 5.10 Å². The van der Waals surface area contributed by atoms with Gasteiger partial charge in [0.2, 0.25) is 0 Å². The minimum Gasteiger partial charge on any atom is -0.338 e. The summed E-state index contributed by atoms with van der Waals surface area (Å²) in [6, 6.07) is 9.86. The molecule has 146 valence electrons. The monoisotopic (exact) mass is 377 g/mol. The molecule has 2 aromatic heterocycles. The second-order valence-corrected chi connectivity index (χ2v) is 7.43. The van der Waals surface area contributed by atoms with Crippen molar-refractivity contribution in [3.63, 3.8) is 0 Å². The Morgan fingerprint density at radius 3 is 2.93 bits per heavy atom. The van der Waals surface area contributed by atoms with Gasteiger partial charge >= 0.3 is 0 Å². The maximum atomic E-state index is 13.1. The summed E-state index contributed by atoms with van der Waals surface area (Å²) in [5, 5.41) is 4.37. The molecule has 4 rings (SSSR count). The van der Waals surface area contributed by atoms with Crippen molar-refractivity contribution in [2.75, 3.05) is 13.1 Å². The van der Waals surface area contributed by atoms with E-state index in [1.807, 2.05) is 47.6 Å². The minimum absolute atomic E-state index is 0.0542. The van der Waals surface area contributed by atoms with Crippen LogP contribution in [0.2, 0.25) is 0 Å². The van der Waals surface area contributed by atoms with E-state index in [-0.39, 0.29) is 5.91 Å². The van der Waals surface area contributed by atoms with Crippen LogP contribution < -0.4 is 0 Å². The lowest BCUT2D eigenvalue weighted by molar-refractivity contribution is 0.0703. The van der Waals surface area contributed by atoms with Gasteiger partial charge in [-0.05, 0) is 31.4 Å². The fourth-order valence-corrected chi connectivity index (χ4v) is 3.91. The summed E-state index contributed by atoms with van der Waals surface area (Å²) in [7, 11) is 0. The first-order chi connectivity index (χ1) is 13.8. The summed E-state index contributed by atoms with van der Waals surface area (Å²) in [6.07, 6.45) is 11.8. The molecule has 0 radical (unpaired) electrons. The normalized spacial score (nSPS) is 17.0. The van der Waals surface area contributed by atoms with Crippen molar-refractivity contribution in [3.05, 3.63) is 66.5 Å². The molecule has 0 bridgehead atoms. The molecule has 3 heterocycles. The number of hydrogen-bond donors (Lipinski definition) is 0. The lowest BCUT2D eigenvalue weighted by atomic mass is 9.96. The Kier molecular flexibility index (Phi) is 5.55. The van der Waals surface area contributed by atoms with E-state index < -0.39 is 0 Å². The van der Waals surface area contributed by atoms with Crippen molar-refractivity contribution < 1.29 is 4.79 Å². The molecule has 0 N–H and O–H groups in total. The van der Waals surface area contributed by atoms with Gasteiger partial charge in [-0.3, -0.25) is 4.79 Å². The Morgan fingerprint density at radius 1 is 1.25 bits per heavy atom. The third-order valence-electron chi connectivity index (χ3n) is 5.42. The van der Waals surface area contributed by atoms with Crippen LogP contribution in [0, 0.1) is 0 Å². The molecule has 1 unspecified atom stereocenters. The molecular weight excluding hydrogens is 350 g/mol. The topological polar surface area (TPSA) is 56.0 Å². The van der Waals surface area contributed by atoms with Crippen molar-refractivity contribution in [2.24, 2.45) is 0 Å². The summed E-state index contributed by atoms with van der Waals surface area (Å²) in [5.74, 6) is 1.47. The molecule has 3 aromatic rings. The number of imidazole rings is 1. The standard InChI is InChI=1S/C22H27N5O/c1-2-3-12-25-14-11-23-21(25)18-8-7-13-26(16-18)22(28)19-15-24-27(17-19)20-9-5-4-6-10-20/h4-6,9-11,14-15,17-18H,2-3,7-8,12-13,16H2,1H3. The second kappa shape index (κ2) is 8.42. The Bertz CT molecular complexity index is 914. The van der Waals surface area contributed by atoms with E-state index in [2.05, 4.69) is 27.8 Å². The molecule has 28 heavy (non-hydrogen) atoms. The zero-order valence-corrected chi connectivity index (χ0v) is 16.4. The van der Waals surface area contributed by atoms with E-state index >= 15 is 0 Å². The molecule has 1 aromatic carbocycles. The van der Waals surface area contributed by atoms with E-state index in [1.54, 1.807) is 10.9 Å². The summed E-state index contributed by atoms with van der Waals surface area (Å²) in [5.41, 5.74) is 1.59. The first-order valence-electron chi connectivity index (χ1n) is 10.2. The van der Waals surface area contributed by atoms with Gasteiger partial charge in [0.05, 0.1) is 17.4 Å². The van der Waals surface area contributed by atoms with Crippen molar-refractivity contribution in [1.29, 1.82) is 0 Å². The van der Waals surface area contributed by atoms with E-state index in [1.165, 1.54) is 0 Å². The molecule has 1 fully saturated rings. The number of carbonyl (C=O) groups is 1. The van der Waals surface area contributed by atoms with Crippen molar-refractivity contribution in [2.45, 2.75) is 45.1 Å². The molecule has 1 aliphatic rings. The maximum Gasteiger partial charge on any atom is 0.257 e. The third kappa shape index (κ3) is 3.86. The van der Waals surface area contributed by atoms with Gasteiger partial charge in [-0.25, -0.2) is 9.67 Å². The van der Waals surface area contributed by atoms with E-state index in [9.17, 15) is 4.79 Å². The Hall–Kier alpha value is -2.89. The number of piperidine rings is 1. The zero-order chi connectivity index (χ0) is 19.3. The van der Waals surface area contributed by atoms with Gasteiger partial charge < -0.3 is 9.47 Å². The number of nitrogens with zero attached hydrogens (tertiary/aromatic N) is 5. The van der Waals surface area contributed by atoms with Crippen LogP contribution in [0.4, 0.5) is 0 Å². The number of carbonyl (C=O) groups excluding carboxylic acids is 1. The summed E-state index contributed by atoms with van der Waals surface area (Å²) in [6.45, 7) is 4.72. The predicted octanol–water partition coefficient (Wildman–Crippen LogP) is 3.89. The van der Waals surface area contributed by atoms with E-state index in [0.29, 0.717) is 11.5 Å². The predicted molar refractivity (Wildman–Crippen MR) is 109 cm³/mol. The highest BCUT2D eigenvalue weighted by atomic mass is 16.2. The van der Waals surface area contributed by atoms with Gasteiger partial charge in [0.1, 0.15) is 5.82 Å². The number of aryl methyl sites for hydroxylation is 1. The minimum atomic E-state index is 0.0542. The molecule has 0 saturated carbocycles. The molecule has 1 amide bonds. The Morgan fingerprint density at radius 2 is 2.11 bits per heavy atom. The van der Waals surface area contributed by atoms with Gasteiger partial charge in [-0.1, -0.05) is 31.5 Å². The lowest BCUT2D eigenvalue weighted by Gasteiger charge is -2.32. The number of benzene rings is 1. The summed E-state index contributed by atoms with van der Waals surface area (Å²) >= 11 is 0.